The summed E-state index contributed by atoms with van der Waals surface area (Å²) in [6.07, 6.45) is 4.22. The van der Waals surface area contributed by atoms with Crippen molar-refractivity contribution < 1.29 is 17.9 Å². The molecule has 1 amide bonds. The molecule has 6 nitrogen and oxygen atoms in total. The van der Waals surface area contributed by atoms with E-state index in [2.05, 4.69) is 10.3 Å². The van der Waals surface area contributed by atoms with E-state index in [1.165, 1.54) is 18.2 Å². The van der Waals surface area contributed by atoms with Crippen LogP contribution in [0.5, 0.6) is 5.75 Å². The lowest BCUT2D eigenvalue weighted by Gasteiger charge is -2.08. The first-order valence-corrected chi connectivity index (χ1v) is 11.9. The van der Waals surface area contributed by atoms with Gasteiger partial charge in [-0.25, -0.2) is 13.4 Å². The van der Waals surface area contributed by atoms with E-state index in [0.717, 1.165) is 33.8 Å². The third kappa shape index (κ3) is 6.01. The van der Waals surface area contributed by atoms with Crippen molar-refractivity contribution in [3.05, 3.63) is 75.7 Å². The zero-order valence-electron chi connectivity index (χ0n) is 16.9. The average Bonchev–Trinajstić information content (AvgIpc) is 3.11. The van der Waals surface area contributed by atoms with Gasteiger partial charge in [0.2, 0.25) is 5.91 Å². The number of anilines is 1. The van der Waals surface area contributed by atoms with E-state index in [-0.39, 0.29) is 10.8 Å². The minimum atomic E-state index is -3.34. The number of hydrogen-bond donors (Lipinski definition) is 1. The Hall–Kier alpha value is -2.97. The molecule has 1 heterocycles. The Morgan fingerprint density at radius 1 is 1.17 bits per heavy atom. The molecule has 0 unspecified atom stereocenters. The van der Waals surface area contributed by atoms with Crippen LogP contribution in [0, 0.1) is 13.8 Å². The fourth-order valence-electron chi connectivity index (χ4n) is 2.62. The number of carbonyl (C=O) groups excluding carboxylic acids is 1. The van der Waals surface area contributed by atoms with E-state index in [4.69, 9.17) is 4.74 Å². The summed E-state index contributed by atoms with van der Waals surface area (Å²) in [5, 5.41) is 5.70. The Kier molecular flexibility index (Phi) is 6.69. The molecule has 0 radical (unpaired) electrons. The maximum absolute atomic E-state index is 12.2. The summed E-state index contributed by atoms with van der Waals surface area (Å²) < 4.78 is 29.1. The Labute approximate surface area is 180 Å². The van der Waals surface area contributed by atoms with E-state index >= 15 is 0 Å². The third-order valence-corrected chi connectivity index (χ3v) is 6.19. The summed E-state index contributed by atoms with van der Waals surface area (Å²) in [5.41, 5.74) is 2.98. The number of sulfone groups is 1. The van der Waals surface area contributed by atoms with Crippen molar-refractivity contribution in [2.24, 2.45) is 0 Å². The standard InChI is InChI=1S/C22H22N2O4S2/c1-15-4-10-20(30(3,26)27)12-21(15)24-22(25)11-7-17-5-8-19(9-6-17)28-13-18-14-29-16(2)23-18/h4-12,14H,13H2,1-3H3,(H,24,25)/b11-7+. The summed E-state index contributed by atoms with van der Waals surface area (Å²) in [7, 11) is -3.34. The number of thiazole rings is 1. The van der Waals surface area contributed by atoms with Gasteiger partial charge >= 0.3 is 0 Å². The van der Waals surface area contributed by atoms with Crippen LogP contribution in [0.3, 0.4) is 0 Å². The Morgan fingerprint density at radius 2 is 1.90 bits per heavy atom. The number of amides is 1. The van der Waals surface area contributed by atoms with Crippen molar-refractivity contribution in [3.8, 4) is 5.75 Å². The SMILES string of the molecule is Cc1nc(COc2ccc(/C=C/C(=O)Nc3cc(S(C)(=O)=O)ccc3C)cc2)cs1. The van der Waals surface area contributed by atoms with Gasteiger partial charge in [-0.2, -0.15) is 0 Å². The Bertz CT molecular complexity index is 1180. The van der Waals surface area contributed by atoms with E-state index in [9.17, 15) is 13.2 Å². The summed E-state index contributed by atoms with van der Waals surface area (Å²) in [5.74, 6) is 0.374. The van der Waals surface area contributed by atoms with Crippen LogP contribution in [0.15, 0.2) is 58.8 Å². The summed E-state index contributed by atoms with van der Waals surface area (Å²) in [4.78, 5) is 16.8. The molecule has 0 saturated carbocycles. The lowest BCUT2D eigenvalue weighted by molar-refractivity contribution is -0.111. The van der Waals surface area contributed by atoms with Crippen LogP contribution in [0.2, 0.25) is 0 Å². The van der Waals surface area contributed by atoms with Crippen LogP contribution in [0.4, 0.5) is 5.69 Å². The molecule has 0 saturated heterocycles. The van der Waals surface area contributed by atoms with Crippen LogP contribution < -0.4 is 10.1 Å². The number of aryl methyl sites for hydroxylation is 2. The van der Waals surface area contributed by atoms with Gasteiger partial charge in [0.15, 0.2) is 9.84 Å². The molecule has 3 aromatic rings. The zero-order valence-corrected chi connectivity index (χ0v) is 18.5. The summed E-state index contributed by atoms with van der Waals surface area (Å²) >= 11 is 1.59. The Balaban J connectivity index is 1.59. The summed E-state index contributed by atoms with van der Waals surface area (Å²) in [6.45, 7) is 4.17. The lowest BCUT2D eigenvalue weighted by atomic mass is 10.2. The molecular formula is C22H22N2O4S2. The third-order valence-electron chi connectivity index (χ3n) is 4.26. The van der Waals surface area contributed by atoms with Crippen molar-refractivity contribution in [3.63, 3.8) is 0 Å². The first-order chi connectivity index (χ1) is 14.2. The number of benzene rings is 2. The number of nitrogens with one attached hydrogen (secondary N) is 1. The monoisotopic (exact) mass is 442 g/mol. The van der Waals surface area contributed by atoms with Gasteiger partial charge < -0.3 is 10.1 Å². The number of ether oxygens (including phenoxy) is 1. The van der Waals surface area contributed by atoms with Crippen molar-refractivity contribution in [1.82, 2.24) is 4.98 Å². The smallest absolute Gasteiger partial charge is 0.248 e. The highest BCUT2D eigenvalue weighted by Gasteiger charge is 2.10. The largest absolute Gasteiger partial charge is 0.487 e. The predicted molar refractivity (Wildman–Crippen MR) is 120 cm³/mol. The second-order valence-electron chi connectivity index (χ2n) is 6.79. The Morgan fingerprint density at radius 3 is 2.53 bits per heavy atom. The number of aromatic nitrogens is 1. The molecule has 2 aromatic carbocycles. The molecule has 1 N–H and O–H groups in total. The second-order valence-corrected chi connectivity index (χ2v) is 9.87. The van der Waals surface area contributed by atoms with Gasteiger partial charge in [0, 0.05) is 23.4 Å². The molecule has 0 atom stereocenters. The average molecular weight is 443 g/mol. The van der Waals surface area contributed by atoms with Crippen molar-refractivity contribution in [2.75, 3.05) is 11.6 Å². The van der Waals surface area contributed by atoms with Gasteiger partial charge in [-0.05, 0) is 55.3 Å². The number of nitrogens with zero attached hydrogens (tertiary/aromatic N) is 1. The highest BCUT2D eigenvalue weighted by atomic mass is 32.2. The minimum Gasteiger partial charge on any atom is -0.487 e. The van der Waals surface area contributed by atoms with Gasteiger partial charge in [-0.3, -0.25) is 4.79 Å². The normalized spacial score (nSPS) is 11.6. The fraction of sp³-hybridized carbons (Fsp3) is 0.182. The van der Waals surface area contributed by atoms with E-state index in [1.54, 1.807) is 30.4 Å². The molecule has 0 spiro atoms. The van der Waals surface area contributed by atoms with Crippen LogP contribution in [0.1, 0.15) is 21.8 Å². The molecule has 0 fully saturated rings. The van der Waals surface area contributed by atoms with Crippen LogP contribution in [0.25, 0.3) is 6.08 Å². The zero-order chi connectivity index (χ0) is 21.7. The molecule has 8 heteroatoms. The van der Waals surface area contributed by atoms with Crippen molar-refractivity contribution in [1.29, 1.82) is 0 Å². The maximum atomic E-state index is 12.2. The van der Waals surface area contributed by atoms with Crippen molar-refractivity contribution in [2.45, 2.75) is 25.3 Å². The van der Waals surface area contributed by atoms with Gasteiger partial charge in [-0.15, -0.1) is 11.3 Å². The highest BCUT2D eigenvalue weighted by Crippen LogP contribution is 2.20. The first kappa shape index (κ1) is 21.7. The molecule has 156 valence electrons. The molecule has 1 aromatic heterocycles. The van der Waals surface area contributed by atoms with Crippen LogP contribution in [-0.4, -0.2) is 25.6 Å². The molecule has 0 aliphatic rings. The van der Waals surface area contributed by atoms with E-state index in [0.29, 0.717) is 12.3 Å². The first-order valence-electron chi connectivity index (χ1n) is 9.14. The number of rotatable bonds is 7. The molecular weight excluding hydrogens is 420 g/mol. The quantitative estimate of drug-likeness (QED) is 0.549. The number of carbonyl (C=O) groups is 1. The number of hydrogen-bond acceptors (Lipinski definition) is 6. The van der Waals surface area contributed by atoms with Gasteiger partial charge in [0.25, 0.3) is 0 Å². The van der Waals surface area contributed by atoms with E-state index in [1.807, 2.05) is 36.6 Å². The van der Waals surface area contributed by atoms with Gasteiger partial charge in [0.05, 0.1) is 15.6 Å². The lowest BCUT2D eigenvalue weighted by Crippen LogP contribution is -2.10. The second kappa shape index (κ2) is 9.23. The fourth-order valence-corrected chi connectivity index (χ4v) is 3.86. The van der Waals surface area contributed by atoms with E-state index < -0.39 is 9.84 Å². The molecule has 3 rings (SSSR count). The highest BCUT2D eigenvalue weighted by molar-refractivity contribution is 7.90. The topological polar surface area (TPSA) is 85.4 Å². The molecule has 0 aliphatic carbocycles. The minimum absolute atomic E-state index is 0.163. The van der Waals surface area contributed by atoms with Gasteiger partial charge in [0.1, 0.15) is 12.4 Å². The molecule has 30 heavy (non-hydrogen) atoms. The predicted octanol–water partition coefficient (Wildman–Crippen LogP) is 4.39. The van der Waals surface area contributed by atoms with Crippen molar-refractivity contribution >= 4 is 38.8 Å². The summed E-state index contributed by atoms with van der Waals surface area (Å²) in [6, 6.07) is 12.0. The van der Waals surface area contributed by atoms with Crippen LogP contribution in [-0.2, 0) is 21.2 Å². The van der Waals surface area contributed by atoms with Crippen LogP contribution >= 0.6 is 11.3 Å². The molecule has 0 bridgehead atoms. The maximum Gasteiger partial charge on any atom is 0.248 e. The molecule has 0 aliphatic heterocycles. The van der Waals surface area contributed by atoms with Gasteiger partial charge in [-0.1, -0.05) is 18.2 Å².